The first kappa shape index (κ1) is 13.9. The van der Waals surface area contributed by atoms with Crippen LogP contribution in [0.4, 0.5) is 0 Å². The van der Waals surface area contributed by atoms with Crippen molar-refractivity contribution in [3.05, 3.63) is 0 Å². The Morgan fingerprint density at radius 2 is 1.83 bits per heavy atom. The molecule has 0 radical (unpaired) electrons. The van der Waals surface area contributed by atoms with Crippen LogP contribution in [0.25, 0.3) is 0 Å². The molecule has 0 aromatic rings. The van der Waals surface area contributed by atoms with Crippen molar-refractivity contribution in [3.8, 4) is 0 Å². The first-order valence-corrected chi connectivity index (χ1v) is 7.58. The van der Waals surface area contributed by atoms with E-state index in [1.54, 1.807) is 0 Å². The summed E-state index contributed by atoms with van der Waals surface area (Å²) in [6, 6.07) is 0.737. The number of nitrogens with zero attached hydrogens (tertiary/aromatic N) is 1. The van der Waals surface area contributed by atoms with Gasteiger partial charge in [0.15, 0.2) is 0 Å². The molecule has 1 N–H and O–H groups in total. The Morgan fingerprint density at radius 3 is 2.39 bits per heavy atom. The molecule has 0 aliphatic heterocycles. The van der Waals surface area contributed by atoms with Gasteiger partial charge in [-0.25, -0.2) is 0 Å². The fourth-order valence-corrected chi connectivity index (χ4v) is 3.30. The Kier molecular flexibility index (Phi) is 4.66. The molecule has 2 atom stereocenters. The highest BCUT2D eigenvalue weighted by Crippen LogP contribution is 2.35. The second-order valence-corrected chi connectivity index (χ2v) is 6.38. The van der Waals surface area contributed by atoms with Gasteiger partial charge in [0.25, 0.3) is 0 Å². The predicted molar refractivity (Wildman–Crippen MR) is 72.6 cm³/mol. The topological polar surface area (TPSA) is 40.5 Å². The van der Waals surface area contributed by atoms with Gasteiger partial charge in [0.1, 0.15) is 0 Å². The maximum atomic E-state index is 11.5. The summed E-state index contributed by atoms with van der Waals surface area (Å²) in [5.41, 5.74) is 0. The second kappa shape index (κ2) is 6.05. The van der Waals surface area contributed by atoms with Crippen LogP contribution in [0.2, 0.25) is 0 Å². The van der Waals surface area contributed by atoms with E-state index in [4.69, 9.17) is 0 Å². The van der Waals surface area contributed by atoms with E-state index in [0.717, 1.165) is 31.7 Å². The van der Waals surface area contributed by atoms with Gasteiger partial charge in [-0.1, -0.05) is 19.3 Å². The molecule has 0 heterocycles. The lowest BCUT2D eigenvalue weighted by Crippen LogP contribution is -2.47. The minimum atomic E-state index is -0.580. The standard InChI is InChI=1S/C15H27NO2/c1-11(2)16(10-12-8-9-12)14-7-5-3-4-6-13(14)15(17)18/h11-14H,3-10H2,1-2H3,(H,17,18). The molecular formula is C15H27NO2. The molecule has 0 amide bonds. The zero-order chi connectivity index (χ0) is 13.1. The zero-order valence-electron chi connectivity index (χ0n) is 11.8. The summed E-state index contributed by atoms with van der Waals surface area (Å²) in [4.78, 5) is 14.0. The molecule has 0 aromatic carbocycles. The average Bonchev–Trinajstić information content (AvgIpc) is 3.12. The van der Waals surface area contributed by atoms with Gasteiger partial charge in [0.2, 0.25) is 0 Å². The third-order valence-electron chi connectivity index (χ3n) is 4.55. The molecule has 0 aromatic heterocycles. The molecule has 2 rings (SSSR count). The SMILES string of the molecule is CC(C)N(CC1CC1)C1CCCCCC1C(=O)O. The molecule has 3 heteroatoms. The Labute approximate surface area is 111 Å². The highest BCUT2D eigenvalue weighted by molar-refractivity contribution is 5.71. The van der Waals surface area contributed by atoms with Gasteiger partial charge in [0, 0.05) is 18.6 Å². The van der Waals surface area contributed by atoms with Crippen molar-refractivity contribution < 1.29 is 9.90 Å². The van der Waals surface area contributed by atoms with Crippen LogP contribution < -0.4 is 0 Å². The molecule has 2 fully saturated rings. The van der Waals surface area contributed by atoms with Gasteiger partial charge < -0.3 is 5.11 Å². The number of hydrogen-bond donors (Lipinski definition) is 1. The normalized spacial score (nSPS) is 29.6. The number of carbonyl (C=O) groups is 1. The van der Waals surface area contributed by atoms with Crippen LogP contribution in [0.3, 0.4) is 0 Å². The summed E-state index contributed by atoms with van der Waals surface area (Å²) >= 11 is 0. The van der Waals surface area contributed by atoms with Gasteiger partial charge in [-0.15, -0.1) is 0 Å². The molecule has 0 spiro atoms. The first-order valence-electron chi connectivity index (χ1n) is 7.58. The molecule has 2 aliphatic rings. The van der Waals surface area contributed by atoms with E-state index >= 15 is 0 Å². The summed E-state index contributed by atoms with van der Waals surface area (Å²) < 4.78 is 0. The van der Waals surface area contributed by atoms with Gasteiger partial charge in [-0.3, -0.25) is 9.69 Å². The van der Waals surface area contributed by atoms with Crippen LogP contribution in [-0.2, 0) is 4.79 Å². The van der Waals surface area contributed by atoms with E-state index in [1.807, 2.05) is 0 Å². The first-order chi connectivity index (χ1) is 8.59. The summed E-state index contributed by atoms with van der Waals surface area (Å²) in [5.74, 6) is 0.113. The lowest BCUT2D eigenvalue weighted by molar-refractivity contribution is -0.145. The molecule has 2 saturated carbocycles. The Bertz CT molecular complexity index is 286. The smallest absolute Gasteiger partial charge is 0.308 e. The summed E-state index contributed by atoms with van der Waals surface area (Å²) in [7, 11) is 0. The van der Waals surface area contributed by atoms with Crippen molar-refractivity contribution in [1.82, 2.24) is 4.90 Å². The van der Waals surface area contributed by atoms with Crippen LogP contribution in [0.15, 0.2) is 0 Å². The highest BCUT2D eigenvalue weighted by atomic mass is 16.4. The van der Waals surface area contributed by atoms with Gasteiger partial charge in [-0.05, 0) is 45.4 Å². The molecule has 2 aliphatic carbocycles. The quantitative estimate of drug-likeness (QED) is 0.765. The van der Waals surface area contributed by atoms with Gasteiger partial charge in [-0.2, -0.15) is 0 Å². The molecule has 0 bridgehead atoms. The minimum Gasteiger partial charge on any atom is -0.481 e. The third kappa shape index (κ3) is 3.47. The number of carboxylic acid groups (broad SMARTS) is 1. The second-order valence-electron chi connectivity index (χ2n) is 6.38. The lowest BCUT2D eigenvalue weighted by atomic mass is 9.92. The Hall–Kier alpha value is -0.570. The van der Waals surface area contributed by atoms with E-state index in [2.05, 4.69) is 18.7 Å². The van der Waals surface area contributed by atoms with Crippen LogP contribution in [-0.4, -0.2) is 34.6 Å². The molecule has 104 valence electrons. The molecule has 0 saturated heterocycles. The summed E-state index contributed by atoms with van der Waals surface area (Å²) in [6.45, 7) is 5.55. The van der Waals surface area contributed by atoms with Crippen molar-refractivity contribution >= 4 is 5.97 Å². The van der Waals surface area contributed by atoms with E-state index in [0.29, 0.717) is 6.04 Å². The Balaban J connectivity index is 2.09. The number of carboxylic acids is 1. The predicted octanol–water partition coefficient (Wildman–Crippen LogP) is 3.14. The zero-order valence-corrected chi connectivity index (χ0v) is 11.8. The van der Waals surface area contributed by atoms with Crippen molar-refractivity contribution in [2.24, 2.45) is 11.8 Å². The molecule has 18 heavy (non-hydrogen) atoms. The number of rotatable bonds is 5. The highest BCUT2D eigenvalue weighted by Gasteiger charge is 2.37. The van der Waals surface area contributed by atoms with Crippen LogP contribution in [0.1, 0.15) is 58.8 Å². The monoisotopic (exact) mass is 253 g/mol. The van der Waals surface area contributed by atoms with E-state index < -0.39 is 5.97 Å². The van der Waals surface area contributed by atoms with Crippen LogP contribution >= 0.6 is 0 Å². The number of hydrogen-bond acceptors (Lipinski definition) is 2. The van der Waals surface area contributed by atoms with Crippen molar-refractivity contribution in [2.75, 3.05) is 6.54 Å². The Morgan fingerprint density at radius 1 is 1.17 bits per heavy atom. The van der Waals surface area contributed by atoms with Gasteiger partial charge >= 0.3 is 5.97 Å². The van der Waals surface area contributed by atoms with Crippen molar-refractivity contribution in [3.63, 3.8) is 0 Å². The maximum absolute atomic E-state index is 11.5. The largest absolute Gasteiger partial charge is 0.481 e. The average molecular weight is 253 g/mol. The van der Waals surface area contributed by atoms with Crippen molar-refractivity contribution in [2.45, 2.75) is 70.9 Å². The van der Waals surface area contributed by atoms with Gasteiger partial charge in [0.05, 0.1) is 5.92 Å². The van der Waals surface area contributed by atoms with Crippen LogP contribution in [0, 0.1) is 11.8 Å². The summed E-state index contributed by atoms with van der Waals surface area (Å²) in [6.07, 6.45) is 8.11. The number of aliphatic carboxylic acids is 1. The van der Waals surface area contributed by atoms with E-state index in [9.17, 15) is 9.90 Å². The minimum absolute atomic E-state index is 0.145. The molecule has 2 unspecified atom stereocenters. The summed E-state index contributed by atoms with van der Waals surface area (Å²) in [5, 5.41) is 9.49. The lowest BCUT2D eigenvalue weighted by Gasteiger charge is -2.37. The van der Waals surface area contributed by atoms with Crippen molar-refractivity contribution in [1.29, 1.82) is 0 Å². The molecular weight excluding hydrogens is 226 g/mol. The van der Waals surface area contributed by atoms with E-state index in [1.165, 1.54) is 25.7 Å². The van der Waals surface area contributed by atoms with E-state index in [-0.39, 0.29) is 12.0 Å². The third-order valence-corrected chi connectivity index (χ3v) is 4.55. The maximum Gasteiger partial charge on any atom is 0.308 e. The fourth-order valence-electron chi connectivity index (χ4n) is 3.30. The molecule has 3 nitrogen and oxygen atoms in total. The fraction of sp³-hybridized carbons (Fsp3) is 0.933. The van der Waals surface area contributed by atoms with Crippen LogP contribution in [0.5, 0.6) is 0 Å².